The Morgan fingerprint density at radius 3 is 2.65 bits per heavy atom. The Morgan fingerprint density at radius 2 is 1.92 bits per heavy atom. The maximum Gasteiger partial charge on any atom is 0.410 e. The third-order valence-electron chi connectivity index (χ3n) is 5.30. The number of likely N-dealkylation sites (tertiary alicyclic amines) is 1. The molecule has 1 aromatic carbocycles. The third kappa shape index (κ3) is 3.60. The van der Waals surface area contributed by atoms with Crippen molar-refractivity contribution in [3.05, 3.63) is 47.2 Å². The van der Waals surface area contributed by atoms with Crippen molar-refractivity contribution in [2.75, 3.05) is 26.7 Å². The van der Waals surface area contributed by atoms with E-state index in [1.165, 1.54) is 0 Å². The van der Waals surface area contributed by atoms with Crippen LogP contribution in [0.2, 0.25) is 5.02 Å². The number of hydrogen-bond acceptors (Lipinski definition) is 4. The van der Waals surface area contributed by atoms with Crippen molar-refractivity contribution in [2.45, 2.75) is 31.4 Å². The molecule has 0 radical (unpaired) electrons. The van der Waals surface area contributed by atoms with Crippen LogP contribution in [0, 0.1) is 0 Å². The number of rotatable bonds is 3. The summed E-state index contributed by atoms with van der Waals surface area (Å²) in [6, 6.07) is 11.7. The average molecular weight is 375 g/mol. The summed E-state index contributed by atoms with van der Waals surface area (Å²) in [6.45, 7) is 3.35. The highest BCUT2D eigenvalue weighted by Gasteiger charge is 2.44. The van der Waals surface area contributed by atoms with Crippen molar-refractivity contribution in [3.63, 3.8) is 0 Å². The van der Waals surface area contributed by atoms with Crippen molar-refractivity contribution >= 4 is 17.7 Å². The second-order valence-corrected chi connectivity index (χ2v) is 7.75. The molecule has 3 heterocycles. The summed E-state index contributed by atoms with van der Waals surface area (Å²) in [5, 5.41) is 0.720. The molecule has 0 saturated carbocycles. The maximum absolute atomic E-state index is 11.8. The number of carbonyl (C=O) groups is 1. The maximum atomic E-state index is 11.8. The molecule has 2 fully saturated rings. The molecular formula is C20H23ClN2O3. The highest BCUT2D eigenvalue weighted by atomic mass is 35.5. The number of halogens is 1. The van der Waals surface area contributed by atoms with Gasteiger partial charge in [-0.3, -0.25) is 4.90 Å². The summed E-state index contributed by atoms with van der Waals surface area (Å²) in [4.78, 5) is 15.8. The van der Waals surface area contributed by atoms with Crippen molar-refractivity contribution in [2.24, 2.45) is 0 Å². The Balaban J connectivity index is 1.39. The first-order valence-electron chi connectivity index (χ1n) is 9.04. The molecular weight excluding hydrogens is 352 g/mol. The van der Waals surface area contributed by atoms with Gasteiger partial charge in [-0.15, -0.1) is 0 Å². The first kappa shape index (κ1) is 17.4. The molecule has 2 aromatic rings. The molecule has 5 nitrogen and oxygen atoms in total. The van der Waals surface area contributed by atoms with E-state index in [2.05, 4.69) is 4.90 Å². The van der Waals surface area contributed by atoms with E-state index < -0.39 is 0 Å². The van der Waals surface area contributed by atoms with E-state index in [0.717, 1.165) is 61.0 Å². The zero-order valence-corrected chi connectivity index (χ0v) is 15.7. The number of likely N-dealkylation sites (N-methyl/N-ethyl adjacent to an activating group) is 1. The summed E-state index contributed by atoms with van der Waals surface area (Å²) in [6.07, 6.45) is 2.62. The van der Waals surface area contributed by atoms with Gasteiger partial charge in [-0.05, 0) is 55.8 Å². The van der Waals surface area contributed by atoms with Crippen LogP contribution in [0.5, 0.6) is 0 Å². The standard InChI is InChI=1S/C20H23ClN2O3/c1-22-14-20(26-19(22)24)9-2-11-23(12-10-20)13-17-7-8-18(25-17)15-3-5-16(21)6-4-15/h3-8H,2,9-14H2,1H3/t20-/m1/s1. The molecule has 1 spiro atoms. The van der Waals surface area contributed by atoms with Crippen LogP contribution in [0.4, 0.5) is 4.79 Å². The lowest BCUT2D eigenvalue weighted by Gasteiger charge is -2.25. The van der Waals surface area contributed by atoms with Crippen LogP contribution < -0.4 is 0 Å². The van der Waals surface area contributed by atoms with Gasteiger partial charge in [-0.25, -0.2) is 4.79 Å². The Morgan fingerprint density at radius 1 is 1.12 bits per heavy atom. The van der Waals surface area contributed by atoms with Gasteiger partial charge in [0, 0.05) is 30.6 Å². The summed E-state index contributed by atoms with van der Waals surface area (Å²) in [5.74, 6) is 1.81. The highest BCUT2D eigenvalue weighted by Crippen LogP contribution is 2.33. The minimum absolute atomic E-state index is 0.197. The monoisotopic (exact) mass is 374 g/mol. The van der Waals surface area contributed by atoms with E-state index in [-0.39, 0.29) is 11.7 Å². The third-order valence-corrected chi connectivity index (χ3v) is 5.55. The van der Waals surface area contributed by atoms with Crippen molar-refractivity contribution in [1.29, 1.82) is 0 Å². The van der Waals surface area contributed by atoms with Gasteiger partial charge in [-0.1, -0.05) is 11.6 Å². The zero-order valence-electron chi connectivity index (χ0n) is 14.9. The van der Waals surface area contributed by atoms with E-state index in [0.29, 0.717) is 6.54 Å². The molecule has 2 aliphatic rings. The minimum atomic E-state index is -0.307. The Hall–Kier alpha value is -1.98. The predicted octanol–water partition coefficient (Wildman–Crippen LogP) is 4.41. The lowest BCUT2D eigenvalue weighted by atomic mass is 9.95. The fourth-order valence-electron chi connectivity index (χ4n) is 3.89. The molecule has 1 aromatic heterocycles. The highest BCUT2D eigenvalue weighted by molar-refractivity contribution is 6.30. The summed E-state index contributed by atoms with van der Waals surface area (Å²) in [7, 11) is 1.81. The van der Waals surface area contributed by atoms with E-state index in [4.69, 9.17) is 20.8 Å². The molecule has 0 unspecified atom stereocenters. The largest absolute Gasteiger partial charge is 0.460 e. The zero-order chi connectivity index (χ0) is 18.1. The van der Waals surface area contributed by atoms with E-state index in [9.17, 15) is 4.79 Å². The van der Waals surface area contributed by atoms with Gasteiger partial charge in [0.05, 0.1) is 13.1 Å². The Kier molecular flexibility index (Phi) is 4.67. The van der Waals surface area contributed by atoms with Gasteiger partial charge in [-0.2, -0.15) is 0 Å². The van der Waals surface area contributed by atoms with Crippen LogP contribution in [0.15, 0.2) is 40.8 Å². The molecule has 138 valence electrons. The normalized spacial score (nSPS) is 24.1. The SMILES string of the molecule is CN1C[C@]2(CCCN(Cc3ccc(-c4ccc(Cl)cc4)o3)CC2)OC1=O. The number of nitrogens with zero attached hydrogens (tertiary/aromatic N) is 2. The van der Waals surface area contributed by atoms with Gasteiger partial charge >= 0.3 is 6.09 Å². The molecule has 2 saturated heterocycles. The molecule has 4 rings (SSSR count). The second-order valence-electron chi connectivity index (χ2n) is 7.31. The number of furan rings is 1. The van der Waals surface area contributed by atoms with Crippen LogP contribution in [-0.2, 0) is 11.3 Å². The fraction of sp³-hybridized carbons (Fsp3) is 0.450. The van der Waals surface area contributed by atoms with Gasteiger partial charge in [0.1, 0.15) is 17.1 Å². The van der Waals surface area contributed by atoms with Gasteiger partial charge in [0.15, 0.2) is 0 Å². The van der Waals surface area contributed by atoms with E-state index in [1.807, 2.05) is 36.4 Å². The molecule has 2 aliphatic heterocycles. The summed E-state index contributed by atoms with van der Waals surface area (Å²) in [5.41, 5.74) is 0.717. The fourth-order valence-corrected chi connectivity index (χ4v) is 4.01. The lowest BCUT2D eigenvalue weighted by molar-refractivity contribution is 0.0441. The van der Waals surface area contributed by atoms with Crippen LogP contribution in [0.3, 0.4) is 0 Å². The van der Waals surface area contributed by atoms with Gasteiger partial charge in [0.2, 0.25) is 0 Å². The smallest absolute Gasteiger partial charge is 0.410 e. The average Bonchev–Trinajstić information content (AvgIpc) is 3.12. The minimum Gasteiger partial charge on any atom is -0.460 e. The molecule has 1 amide bonds. The van der Waals surface area contributed by atoms with Crippen LogP contribution in [0.1, 0.15) is 25.0 Å². The number of ether oxygens (including phenoxy) is 1. The summed E-state index contributed by atoms with van der Waals surface area (Å²) < 4.78 is 11.7. The van der Waals surface area contributed by atoms with E-state index in [1.54, 1.807) is 11.9 Å². The first-order chi connectivity index (χ1) is 12.5. The molecule has 0 bridgehead atoms. The quantitative estimate of drug-likeness (QED) is 0.798. The van der Waals surface area contributed by atoms with Gasteiger partial charge < -0.3 is 14.1 Å². The van der Waals surface area contributed by atoms with Crippen molar-refractivity contribution in [1.82, 2.24) is 9.80 Å². The lowest BCUT2D eigenvalue weighted by Crippen LogP contribution is -2.35. The predicted molar refractivity (Wildman–Crippen MR) is 100 cm³/mol. The first-order valence-corrected chi connectivity index (χ1v) is 9.42. The topological polar surface area (TPSA) is 45.9 Å². The van der Waals surface area contributed by atoms with Crippen molar-refractivity contribution < 1.29 is 13.9 Å². The molecule has 0 aliphatic carbocycles. The molecule has 6 heteroatoms. The van der Waals surface area contributed by atoms with Crippen LogP contribution in [0.25, 0.3) is 11.3 Å². The van der Waals surface area contributed by atoms with Crippen LogP contribution >= 0.6 is 11.6 Å². The molecule has 0 N–H and O–H groups in total. The second kappa shape index (κ2) is 6.97. The Labute approximate surface area is 158 Å². The Bertz CT molecular complexity index is 789. The number of amides is 1. The number of hydrogen-bond donors (Lipinski definition) is 0. The summed E-state index contributed by atoms with van der Waals surface area (Å²) >= 11 is 5.95. The molecule has 26 heavy (non-hydrogen) atoms. The number of benzene rings is 1. The molecule has 1 atom stereocenters. The van der Waals surface area contributed by atoms with Gasteiger partial charge in [0.25, 0.3) is 0 Å². The van der Waals surface area contributed by atoms with Crippen LogP contribution in [-0.4, -0.2) is 48.2 Å². The number of carbonyl (C=O) groups excluding carboxylic acids is 1. The van der Waals surface area contributed by atoms with Crippen molar-refractivity contribution in [3.8, 4) is 11.3 Å². The van der Waals surface area contributed by atoms with E-state index >= 15 is 0 Å².